The van der Waals surface area contributed by atoms with Crippen LogP contribution in [-0.2, 0) is 4.79 Å². The molecule has 0 aromatic heterocycles. The number of aliphatic hydroxyl groups is 1. The largest absolute Gasteiger partial charge is 0.393 e. The first-order valence-corrected chi connectivity index (χ1v) is 8.91. The van der Waals surface area contributed by atoms with Gasteiger partial charge in [0.1, 0.15) is 0 Å². The Bertz CT molecular complexity index is 267. The molecule has 112 valence electrons. The number of rotatable bonds is 7. The molecule has 0 amide bonds. The van der Waals surface area contributed by atoms with Crippen molar-refractivity contribution in [1.82, 2.24) is 0 Å². The van der Waals surface area contributed by atoms with Gasteiger partial charge in [-0.25, -0.2) is 0 Å². The van der Waals surface area contributed by atoms with Crippen molar-refractivity contribution in [2.75, 3.05) is 5.75 Å². The highest BCUT2D eigenvalue weighted by atomic mass is 32.2. The Morgan fingerprint density at radius 3 is 2.74 bits per heavy atom. The molecular weight excluding hydrogens is 256 g/mol. The van der Waals surface area contributed by atoms with E-state index in [2.05, 4.69) is 20.8 Å². The maximum atomic E-state index is 12.2. The van der Waals surface area contributed by atoms with Gasteiger partial charge in [0.05, 0.1) is 6.10 Å². The molecule has 1 rings (SSSR count). The van der Waals surface area contributed by atoms with Crippen molar-refractivity contribution in [3.05, 3.63) is 0 Å². The second-order valence-electron chi connectivity index (χ2n) is 6.08. The third-order valence-electron chi connectivity index (χ3n) is 4.51. The third-order valence-corrected chi connectivity index (χ3v) is 5.72. The van der Waals surface area contributed by atoms with Gasteiger partial charge in [0.2, 0.25) is 0 Å². The Hall–Kier alpha value is -0.0200. The summed E-state index contributed by atoms with van der Waals surface area (Å²) < 4.78 is 0. The van der Waals surface area contributed by atoms with Crippen LogP contribution in [0.5, 0.6) is 0 Å². The summed E-state index contributed by atoms with van der Waals surface area (Å²) in [5.74, 6) is 2.31. The van der Waals surface area contributed by atoms with Crippen LogP contribution in [0.15, 0.2) is 0 Å². The van der Waals surface area contributed by atoms with Crippen molar-refractivity contribution >= 4 is 16.9 Å². The van der Waals surface area contributed by atoms with Crippen LogP contribution in [0.25, 0.3) is 0 Å². The Balaban J connectivity index is 2.35. The smallest absolute Gasteiger partial charge is 0.192 e. The predicted molar refractivity (Wildman–Crippen MR) is 83.3 cm³/mol. The van der Waals surface area contributed by atoms with Gasteiger partial charge in [-0.3, -0.25) is 4.79 Å². The number of carbonyl (C=O) groups is 1. The highest BCUT2D eigenvalue weighted by molar-refractivity contribution is 8.13. The minimum Gasteiger partial charge on any atom is -0.393 e. The number of thioether (sulfide) groups is 1. The molecule has 2 nitrogen and oxygen atoms in total. The molecule has 19 heavy (non-hydrogen) atoms. The number of unbranched alkanes of at least 4 members (excludes halogenated alkanes) is 1. The van der Waals surface area contributed by atoms with Crippen LogP contribution in [0.4, 0.5) is 0 Å². The lowest BCUT2D eigenvalue weighted by Crippen LogP contribution is -2.28. The zero-order valence-corrected chi connectivity index (χ0v) is 13.5. The fourth-order valence-corrected chi connectivity index (χ4v) is 4.23. The van der Waals surface area contributed by atoms with Crippen LogP contribution < -0.4 is 0 Å². The zero-order valence-electron chi connectivity index (χ0n) is 12.7. The number of carbonyl (C=O) groups excluding carboxylic acids is 1. The van der Waals surface area contributed by atoms with E-state index in [9.17, 15) is 9.90 Å². The Morgan fingerprint density at radius 2 is 2.11 bits per heavy atom. The van der Waals surface area contributed by atoms with E-state index in [1.807, 2.05) is 0 Å². The van der Waals surface area contributed by atoms with E-state index in [0.717, 1.165) is 44.3 Å². The summed E-state index contributed by atoms with van der Waals surface area (Å²) >= 11 is 1.52. The average molecular weight is 286 g/mol. The monoisotopic (exact) mass is 286 g/mol. The van der Waals surface area contributed by atoms with Crippen molar-refractivity contribution in [3.8, 4) is 0 Å². The summed E-state index contributed by atoms with van der Waals surface area (Å²) in [6.07, 6.45) is 7.12. The van der Waals surface area contributed by atoms with Crippen molar-refractivity contribution in [3.63, 3.8) is 0 Å². The first-order chi connectivity index (χ1) is 9.08. The molecule has 0 bridgehead atoms. The minimum atomic E-state index is -0.140. The van der Waals surface area contributed by atoms with Gasteiger partial charge in [-0.15, -0.1) is 0 Å². The molecule has 4 unspecified atom stereocenters. The van der Waals surface area contributed by atoms with Crippen LogP contribution in [0, 0.1) is 17.8 Å². The second kappa shape index (κ2) is 9.02. The number of aliphatic hydroxyl groups excluding tert-OH is 1. The second-order valence-corrected chi connectivity index (χ2v) is 7.11. The van der Waals surface area contributed by atoms with Crippen molar-refractivity contribution in [2.24, 2.45) is 17.8 Å². The first kappa shape index (κ1) is 17.0. The first-order valence-electron chi connectivity index (χ1n) is 7.93. The minimum absolute atomic E-state index is 0.140. The molecule has 4 atom stereocenters. The van der Waals surface area contributed by atoms with E-state index in [0.29, 0.717) is 17.0 Å². The molecule has 0 saturated heterocycles. The summed E-state index contributed by atoms with van der Waals surface area (Å²) in [4.78, 5) is 12.2. The standard InChI is InChI=1S/C16H30O2S/c1-4-6-7-13(5-2)16(18)19-11-14-10-15(17)9-8-12(14)3/h12-15,17H,4-11H2,1-3H3. The van der Waals surface area contributed by atoms with Crippen LogP contribution in [0.3, 0.4) is 0 Å². The highest BCUT2D eigenvalue weighted by Crippen LogP contribution is 2.33. The van der Waals surface area contributed by atoms with Crippen LogP contribution in [-0.4, -0.2) is 22.1 Å². The van der Waals surface area contributed by atoms with E-state index >= 15 is 0 Å². The van der Waals surface area contributed by atoms with Crippen molar-refractivity contribution in [2.45, 2.75) is 71.8 Å². The lowest BCUT2D eigenvalue weighted by molar-refractivity contribution is -0.114. The lowest BCUT2D eigenvalue weighted by Gasteiger charge is -2.31. The molecule has 1 aliphatic rings. The molecule has 1 N–H and O–H groups in total. The molecule has 0 heterocycles. The Kier molecular flexibility index (Phi) is 8.08. The molecule has 0 aliphatic heterocycles. The van der Waals surface area contributed by atoms with E-state index in [4.69, 9.17) is 0 Å². The Morgan fingerprint density at radius 1 is 1.37 bits per heavy atom. The third kappa shape index (κ3) is 5.86. The lowest BCUT2D eigenvalue weighted by atomic mass is 9.80. The number of hydrogen-bond donors (Lipinski definition) is 1. The van der Waals surface area contributed by atoms with E-state index < -0.39 is 0 Å². The zero-order chi connectivity index (χ0) is 14.3. The maximum Gasteiger partial charge on any atom is 0.192 e. The van der Waals surface area contributed by atoms with Gasteiger partial charge < -0.3 is 5.11 Å². The summed E-state index contributed by atoms with van der Waals surface area (Å²) in [6, 6.07) is 0. The maximum absolute atomic E-state index is 12.2. The average Bonchev–Trinajstić information content (AvgIpc) is 2.40. The topological polar surface area (TPSA) is 37.3 Å². The molecule has 0 spiro atoms. The summed E-state index contributed by atoms with van der Waals surface area (Å²) in [7, 11) is 0. The van der Waals surface area contributed by atoms with Gasteiger partial charge in [0, 0.05) is 11.7 Å². The van der Waals surface area contributed by atoms with E-state index in [1.54, 1.807) is 0 Å². The van der Waals surface area contributed by atoms with E-state index in [-0.39, 0.29) is 12.0 Å². The molecule has 1 aliphatic carbocycles. The molecule has 0 radical (unpaired) electrons. The summed E-state index contributed by atoms with van der Waals surface area (Å²) in [5, 5.41) is 10.1. The molecule has 3 heteroatoms. The highest BCUT2D eigenvalue weighted by Gasteiger charge is 2.28. The molecule has 0 aromatic carbocycles. The fourth-order valence-electron chi connectivity index (χ4n) is 2.87. The normalized spacial score (nSPS) is 29.2. The van der Waals surface area contributed by atoms with Crippen molar-refractivity contribution < 1.29 is 9.90 Å². The summed E-state index contributed by atoms with van der Waals surface area (Å²) in [6.45, 7) is 6.55. The predicted octanol–water partition coefficient (Wildman–Crippen LogP) is 4.26. The molecular formula is C16H30O2S. The SMILES string of the molecule is CCCCC(CC)C(=O)SCC1CC(O)CCC1C. The Labute approximate surface area is 122 Å². The van der Waals surface area contributed by atoms with Gasteiger partial charge >= 0.3 is 0 Å². The quantitative estimate of drug-likeness (QED) is 0.760. The van der Waals surface area contributed by atoms with Crippen LogP contribution >= 0.6 is 11.8 Å². The van der Waals surface area contributed by atoms with Gasteiger partial charge in [0.15, 0.2) is 5.12 Å². The summed E-state index contributed by atoms with van der Waals surface area (Å²) in [5.41, 5.74) is 0. The fraction of sp³-hybridized carbons (Fsp3) is 0.938. The van der Waals surface area contributed by atoms with Gasteiger partial charge in [-0.1, -0.05) is 45.4 Å². The molecule has 1 saturated carbocycles. The van der Waals surface area contributed by atoms with Gasteiger partial charge in [0.25, 0.3) is 0 Å². The van der Waals surface area contributed by atoms with Crippen LogP contribution in [0.1, 0.15) is 65.7 Å². The number of hydrogen-bond acceptors (Lipinski definition) is 3. The van der Waals surface area contributed by atoms with Crippen molar-refractivity contribution in [1.29, 1.82) is 0 Å². The molecule has 1 fully saturated rings. The van der Waals surface area contributed by atoms with Gasteiger partial charge in [-0.05, 0) is 43.9 Å². The van der Waals surface area contributed by atoms with E-state index in [1.165, 1.54) is 18.2 Å². The van der Waals surface area contributed by atoms with Crippen LogP contribution in [0.2, 0.25) is 0 Å². The molecule has 0 aromatic rings. The van der Waals surface area contributed by atoms with Gasteiger partial charge in [-0.2, -0.15) is 0 Å².